The van der Waals surface area contributed by atoms with Gasteiger partial charge in [-0.3, -0.25) is 4.79 Å². The van der Waals surface area contributed by atoms with Crippen molar-refractivity contribution in [1.82, 2.24) is 0 Å². The summed E-state index contributed by atoms with van der Waals surface area (Å²) in [6.07, 6.45) is 0. The number of anilines is 1. The Balaban J connectivity index is 1.82. The number of β-lactam (4-membered cyclic amide) rings is 1. The highest BCUT2D eigenvalue weighted by Gasteiger charge is 2.59. The molecule has 3 nitrogen and oxygen atoms in total. The van der Waals surface area contributed by atoms with Gasteiger partial charge in [-0.15, -0.1) is 0 Å². The number of methoxy groups -OCH3 is 1. The summed E-state index contributed by atoms with van der Waals surface area (Å²) >= 11 is 12.3. The summed E-state index contributed by atoms with van der Waals surface area (Å²) in [7, 11) is 1.62. The van der Waals surface area contributed by atoms with Gasteiger partial charge in [-0.2, -0.15) is 0 Å². The molecule has 0 saturated carbocycles. The van der Waals surface area contributed by atoms with Crippen molar-refractivity contribution >= 4 is 34.8 Å². The Bertz CT molecular complexity index is 1020. The Morgan fingerprint density at radius 2 is 1.61 bits per heavy atom. The molecule has 0 aliphatic carbocycles. The summed E-state index contributed by atoms with van der Waals surface area (Å²) in [4.78, 5) is 15.2. The lowest BCUT2D eigenvalue weighted by atomic mass is 9.64. The molecule has 1 heterocycles. The Hall–Kier alpha value is -2.49. The molecule has 0 N–H and O–H groups in total. The summed E-state index contributed by atoms with van der Waals surface area (Å²) < 4.78 is 5.24. The van der Waals surface area contributed by atoms with Crippen molar-refractivity contribution in [3.8, 4) is 5.75 Å². The number of hydrogen-bond donors (Lipinski definition) is 0. The Morgan fingerprint density at radius 3 is 2.21 bits per heavy atom. The van der Waals surface area contributed by atoms with E-state index in [1.807, 2.05) is 84.6 Å². The molecule has 1 aliphatic rings. The lowest BCUT2D eigenvalue weighted by Crippen LogP contribution is -2.65. The summed E-state index contributed by atoms with van der Waals surface area (Å²) in [6, 6.07) is 22.5. The van der Waals surface area contributed by atoms with E-state index in [0.717, 1.165) is 22.6 Å². The molecule has 0 aromatic heterocycles. The van der Waals surface area contributed by atoms with Crippen LogP contribution < -0.4 is 9.64 Å². The molecule has 1 aliphatic heterocycles. The zero-order chi connectivity index (χ0) is 19.9. The van der Waals surface area contributed by atoms with Gasteiger partial charge < -0.3 is 9.64 Å². The lowest BCUT2D eigenvalue weighted by molar-refractivity contribution is -0.132. The fraction of sp³-hybridized carbons (Fsp3) is 0.174. The monoisotopic (exact) mass is 411 g/mol. The van der Waals surface area contributed by atoms with E-state index in [-0.39, 0.29) is 11.9 Å². The van der Waals surface area contributed by atoms with Crippen LogP contribution >= 0.6 is 23.2 Å². The molecule has 3 aromatic carbocycles. The molecule has 1 saturated heterocycles. The smallest absolute Gasteiger partial charge is 0.240 e. The van der Waals surface area contributed by atoms with E-state index in [1.54, 1.807) is 7.11 Å². The highest BCUT2D eigenvalue weighted by Crippen LogP contribution is 2.53. The van der Waals surface area contributed by atoms with Crippen LogP contribution in [0.25, 0.3) is 0 Å². The Kier molecular flexibility index (Phi) is 4.82. The highest BCUT2D eigenvalue weighted by molar-refractivity contribution is 6.31. The first-order valence-electron chi connectivity index (χ1n) is 8.94. The van der Waals surface area contributed by atoms with E-state index in [2.05, 4.69) is 0 Å². The van der Waals surface area contributed by atoms with Crippen molar-refractivity contribution < 1.29 is 9.53 Å². The van der Waals surface area contributed by atoms with Gasteiger partial charge in [-0.05, 0) is 66.6 Å². The number of rotatable bonds is 4. The average Bonchev–Trinajstić information content (AvgIpc) is 2.72. The number of halogens is 2. The predicted octanol–water partition coefficient (Wildman–Crippen LogP) is 6.05. The summed E-state index contributed by atoms with van der Waals surface area (Å²) in [5.74, 6) is 0.775. The molecule has 4 rings (SSSR count). The molecule has 0 spiro atoms. The Labute approximate surface area is 174 Å². The van der Waals surface area contributed by atoms with Gasteiger partial charge in [-0.1, -0.05) is 47.5 Å². The highest BCUT2D eigenvalue weighted by atomic mass is 35.5. The molecule has 1 amide bonds. The second kappa shape index (κ2) is 7.16. The molecule has 0 bridgehead atoms. The summed E-state index contributed by atoms with van der Waals surface area (Å²) in [5, 5.41) is 1.28. The van der Waals surface area contributed by atoms with Crippen LogP contribution in [0.1, 0.15) is 24.1 Å². The van der Waals surface area contributed by atoms with Crippen molar-refractivity contribution in [3.05, 3.63) is 94.0 Å². The second-order valence-electron chi connectivity index (χ2n) is 7.04. The van der Waals surface area contributed by atoms with Gasteiger partial charge in [0, 0.05) is 15.7 Å². The van der Waals surface area contributed by atoms with Crippen LogP contribution in [-0.4, -0.2) is 13.0 Å². The molecule has 0 radical (unpaired) electrons. The van der Waals surface area contributed by atoms with Gasteiger partial charge in [0.1, 0.15) is 5.75 Å². The van der Waals surface area contributed by atoms with E-state index < -0.39 is 5.41 Å². The van der Waals surface area contributed by atoms with Gasteiger partial charge in [0.2, 0.25) is 5.91 Å². The van der Waals surface area contributed by atoms with E-state index in [4.69, 9.17) is 27.9 Å². The quantitative estimate of drug-likeness (QED) is 0.489. The van der Waals surface area contributed by atoms with Gasteiger partial charge in [0.05, 0.1) is 18.6 Å². The maximum absolute atomic E-state index is 13.4. The van der Waals surface area contributed by atoms with E-state index in [1.165, 1.54) is 0 Å². The van der Waals surface area contributed by atoms with Crippen LogP contribution in [-0.2, 0) is 10.2 Å². The van der Waals surface area contributed by atoms with Crippen LogP contribution in [0.2, 0.25) is 10.0 Å². The third kappa shape index (κ3) is 2.95. The Morgan fingerprint density at radius 1 is 0.929 bits per heavy atom. The first kappa shape index (κ1) is 18.9. The van der Waals surface area contributed by atoms with Gasteiger partial charge in [-0.25, -0.2) is 0 Å². The van der Waals surface area contributed by atoms with Crippen molar-refractivity contribution in [2.45, 2.75) is 18.4 Å². The summed E-state index contributed by atoms with van der Waals surface area (Å²) in [6.45, 7) is 1.97. The van der Waals surface area contributed by atoms with Crippen molar-refractivity contribution in [2.75, 3.05) is 12.0 Å². The zero-order valence-electron chi connectivity index (χ0n) is 15.5. The number of ether oxygens (including phenoxy) is 1. The fourth-order valence-corrected chi connectivity index (χ4v) is 4.22. The molecule has 2 unspecified atom stereocenters. The SMILES string of the molecule is COc1ccc(N2C(=O)C(C)(c3cccc(Cl)c3)C2c2ccc(Cl)cc2)cc1. The minimum atomic E-state index is -0.724. The van der Waals surface area contributed by atoms with Gasteiger partial charge in [0.25, 0.3) is 0 Å². The van der Waals surface area contributed by atoms with Crippen molar-refractivity contribution in [3.63, 3.8) is 0 Å². The van der Waals surface area contributed by atoms with Crippen molar-refractivity contribution in [1.29, 1.82) is 0 Å². The normalized spacial score (nSPS) is 21.4. The minimum absolute atomic E-state index is 0.0277. The fourth-order valence-electron chi connectivity index (χ4n) is 3.91. The largest absolute Gasteiger partial charge is 0.497 e. The maximum Gasteiger partial charge on any atom is 0.240 e. The topological polar surface area (TPSA) is 29.5 Å². The molecule has 142 valence electrons. The number of hydrogen-bond acceptors (Lipinski definition) is 2. The second-order valence-corrected chi connectivity index (χ2v) is 7.91. The van der Waals surface area contributed by atoms with Crippen LogP contribution in [0, 0.1) is 0 Å². The van der Waals surface area contributed by atoms with Gasteiger partial charge in [0.15, 0.2) is 0 Å². The average molecular weight is 412 g/mol. The molecule has 5 heteroatoms. The molecule has 1 fully saturated rings. The third-order valence-corrected chi connectivity index (χ3v) is 5.92. The van der Waals surface area contributed by atoms with E-state index in [9.17, 15) is 4.79 Å². The number of nitrogens with zero attached hydrogens (tertiary/aromatic N) is 1. The first-order valence-corrected chi connectivity index (χ1v) is 9.70. The van der Waals surface area contributed by atoms with Gasteiger partial charge >= 0.3 is 0 Å². The van der Waals surface area contributed by atoms with Crippen LogP contribution in [0.3, 0.4) is 0 Å². The number of amides is 1. The third-order valence-electron chi connectivity index (χ3n) is 5.43. The van der Waals surface area contributed by atoms with Crippen LogP contribution in [0.4, 0.5) is 5.69 Å². The molecular weight excluding hydrogens is 393 g/mol. The zero-order valence-corrected chi connectivity index (χ0v) is 17.0. The lowest BCUT2D eigenvalue weighted by Gasteiger charge is -2.55. The maximum atomic E-state index is 13.4. The minimum Gasteiger partial charge on any atom is -0.497 e. The number of carbonyl (C=O) groups excluding carboxylic acids is 1. The van der Waals surface area contributed by atoms with Crippen molar-refractivity contribution in [2.24, 2.45) is 0 Å². The molecular formula is C23H19Cl2NO2. The predicted molar refractivity (Wildman–Crippen MR) is 113 cm³/mol. The number of carbonyl (C=O) groups is 1. The van der Waals surface area contributed by atoms with Crippen LogP contribution in [0.5, 0.6) is 5.75 Å². The summed E-state index contributed by atoms with van der Waals surface area (Å²) in [5.41, 5.74) is 2.01. The standard InChI is InChI=1S/C23H19Cl2NO2/c1-23(16-4-3-5-18(25)14-16)21(15-6-8-17(24)9-7-15)26(22(23)27)19-10-12-20(28-2)13-11-19/h3-14,21H,1-2H3. The van der Waals surface area contributed by atoms with Crippen LogP contribution in [0.15, 0.2) is 72.8 Å². The molecule has 28 heavy (non-hydrogen) atoms. The van der Waals surface area contributed by atoms with E-state index >= 15 is 0 Å². The number of benzene rings is 3. The first-order chi connectivity index (χ1) is 13.4. The molecule has 2 atom stereocenters. The van der Waals surface area contributed by atoms with E-state index in [0.29, 0.717) is 10.0 Å². The molecule has 3 aromatic rings.